The maximum Gasteiger partial charge on any atom is 0.120 e. The number of aliphatic hydroxyl groups is 1. The molecule has 0 saturated heterocycles. The molecule has 0 heterocycles. The zero-order chi connectivity index (χ0) is 24.1. The Morgan fingerprint density at radius 2 is 1.50 bits per heavy atom. The second-order valence-corrected chi connectivity index (χ2v) is 10.0. The number of nitrogens with two attached hydrogens (primary N) is 1. The van der Waals surface area contributed by atoms with Gasteiger partial charge >= 0.3 is 0 Å². The number of benzene rings is 3. The van der Waals surface area contributed by atoms with Crippen LogP contribution in [-0.4, -0.2) is 23.9 Å². The first-order valence-electron chi connectivity index (χ1n) is 12.8. The van der Waals surface area contributed by atoms with Crippen LogP contribution in [0.4, 0.5) is 0 Å². The Hall–Kier alpha value is -2.56. The average Bonchev–Trinajstić information content (AvgIpc) is 2.87. The van der Waals surface area contributed by atoms with Gasteiger partial charge in [0.1, 0.15) is 11.5 Å². The largest absolute Gasteiger partial charge is 0.490 e. The number of rotatable bonds is 9. The fraction of sp³-hybridized carbons (Fsp3) is 0.467. The number of hydrogen-bond donors (Lipinski definition) is 2. The van der Waals surface area contributed by atoms with Crippen LogP contribution in [0.5, 0.6) is 11.5 Å². The number of ether oxygens (including phenoxy) is 2. The Kier molecular flexibility index (Phi) is 7.80. The van der Waals surface area contributed by atoms with Crippen LogP contribution in [0.3, 0.4) is 0 Å². The molecule has 0 aliphatic heterocycles. The van der Waals surface area contributed by atoms with E-state index in [4.69, 9.17) is 15.2 Å². The van der Waals surface area contributed by atoms with Crippen LogP contribution in [0.2, 0.25) is 0 Å². The third-order valence-corrected chi connectivity index (χ3v) is 7.34. The second-order valence-electron chi connectivity index (χ2n) is 10.0. The highest BCUT2D eigenvalue weighted by atomic mass is 16.5. The topological polar surface area (TPSA) is 64.7 Å². The molecule has 4 nitrogen and oxygen atoms in total. The van der Waals surface area contributed by atoms with Gasteiger partial charge in [0.2, 0.25) is 0 Å². The standard InChI is InChI=1S/C30H39NO3/c1-4-26(5-2)33-27-13-7-21(8-14-27)22-9-15-28(16-10-22)34-29-17-11-23-18-25(30(3,31)20-32)12-6-24(23)19-29/h6-8,11-14,17-19,22,26,28,32H,4-5,9-10,15-16,20,31H2,1-3H3. The molecule has 4 heteroatoms. The van der Waals surface area contributed by atoms with Crippen molar-refractivity contribution in [2.24, 2.45) is 5.73 Å². The molecule has 1 unspecified atom stereocenters. The van der Waals surface area contributed by atoms with Crippen molar-refractivity contribution in [3.8, 4) is 11.5 Å². The van der Waals surface area contributed by atoms with Crippen LogP contribution >= 0.6 is 0 Å². The van der Waals surface area contributed by atoms with E-state index < -0.39 is 5.54 Å². The lowest BCUT2D eigenvalue weighted by Crippen LogP contribution is -2.36. The Morgan fingerprint density at radius 3 is 2.15 bits per heavy atom. The van der Waals surface area contributed by atoms with E-state index in [0.717, 1.165) is 66.4 Å². The zero-order valence-corrected chi connectivity index (χ0v) is 20.8. The van der Waals surface area contributed by atoms with E-state index in [1.165, 1.54) is 5.56 Å². The van der Waals surface area contributed by atoms with Gasteiger partial charge in [-0.1, -0.05) is 44.2 Å². The van der Waals surface area contributed by atoms with E-state index in [9.17, 15) is 5.11 Å². The molecule has 1 saturated carbocycles. The number of aliphatic hydroxyl groups excluding tert-OH is 1. The summed E-state index contributed by atoms with van der Waals surface area (Å²) in [5.41, 5.74) is 7.80. The minimum Gasteiger partial charge on any atom is -0.490 e. The molecule has 1 fully saturated rings. The number of hydrogen-bond acceptors (Lipinski definition) is 4. The highest BCUT2D eigenvalue weighted by molar-refractivity contribution is 5.84. The summed E-state index contributed by atoms with van der Waals surface area (Å²) in [5.74, 6) is 2.49. The first-order chi connectivity index (χ1) is 16.4. The maximum absolute atomic E-state index is 9.55. The zero-order valence-electron chi connectivity index (χ0n) is 20.8. The van der Waals surface area contributed by atoms with Crippen LogP contribution in [0, 0.1) is 0 Å². The van der Waals surface area contributed by atoms with Crippen molar-refractivity contribution in [2.75, 3.05) is 6.61 Å². The molecule has 3 N–H and O–H groups in total. The van der Waals surface area contributed by atoms with E-state index in [-0.39, 0.29) is 12.7 Å². The summed E-state index contributed by atoms with van der Waals surface area (Å²) in [4.78, 5) is 0. The molecule has 1 aliphatic rings. The molecule has 0 radical (unpaired) electrons. The monoisotopic (exact) mass is 461 g/mol. The summed E-state index contributed by atoms with van der Waals surface area (Å²) >= 11 is 0. The molecule has 1 aliphatic carbocycles. The summed E-state index contributed by atoms with van der Waals surface area (Å²) in [7, 11) is 0. The molecule has 0 aromatic heterocycles. The van der Waals surface area contributed by atoms with Crippen LogP contribution in [-0.2, 0) is 5.54 Å². The molecule has 34 heavy (non-hydrogen) atoms. The lowest BCUT2D eigenvalue weighted by atomic mass is 9.82. The Bertz CT molecular complexity index is 1060. The molecule has 1 atom stereocenters. The molecule has 4 rings (SSSR count). The molecule has 3 aromatic rings. The molecular weight excluding hydrogens is 422 g/mol. The van der Waals surface area contributed by atoms with Crippen molar-refractivity contribution in [1.82, 2.24) is 0 Å². The summed E-state index contributed by atoms with van der Waals surface area (Å²) < 4.78 is 12.4. The van der Waals surface area contributed by atoms with E-state index in [2.05, 4.69) is 62.4 Å². The van der Waals surface area contributed by atoms with Crippen LogP contribution in [0.1, 0.15) is 76.3 Å². The van der Waals surface area contributed by atoms with Crippen molar-refractivity contribution >= 4 is 10.8 Å². The Morgan fingerprint density at radius 1 is 0.882 bits per heavy atom. The van der Waals surface area contributed by atoms with Gasteiger partial charge in [-0.2, -0.15) is 0 Å². The van der Waals surface area contributed by atoms with Gasteiger partial charge in [-0.25, -0.2) is 0 Å². The van der Waals surface area contributed by atoms with Gasteiger partial charge in [0.25, 0.3) is 0 Å². The fourth-order valence-corrected chi connectivity index (χ4v) is 4.92. The van der Waals surface area contributed by atoms with Crippen LogP contribution in [0.15, 0.2) is 60.7 Å². The predicted octanol–water partition coefficient (Wildman–Crippen LogP) is 6.68. The number of fused-ring (bicyclic) bond motifs is 1. The second kappa shape index (κ2) is 10.8. The van der Waals surface area contributed by atoms with Crippen LogP contribution < -0.4 is 15.2 Å². The first-order valence-corrected chi connectivity index (χ1v) is 12.8. The SMILES string of the molecule is CCC(CC)Oc1ccc(C2CCC(Oc3ccc4cc(C(C)(N)CO)ccc4c3)CC2)cc1. The minimum atomic E-state index is -0.733. The average molecular weight is 462 g/mol. The van der Waals surface area contributed by atoms with Crippen molar-refractivity contribution in [1.29, 1.82) is 0 Å². The third-order valence-electron chi connectivity index (χ3n) is 7.34. The van der Waals surface area contributed by atoms with Gasteiger partial charge < -0.3 is 20.3 Å². The van der Waals surface area contributed by atoms with E-state index in [1.807, 2.05) is 19.1 Å². The quantitative estimate of drug-likeness (QED) is 0.373. The summed E-state index contributed by atoms with van der Waals surface area (Å²) in [5, 5.41) is 11.8. The van der Waals surface area contributed by atoms with Gasteiger partial charge in [0.15, 0.2) is 0 Å². The van der Waals surface area contributed by atoms with Gasteiger partial charge in [0.05, 0.1) is 24.4 Å². The molecule has 0 spiro atoms. The fourth-order valence-electron chi connectivity index (χ4n) is 4.92. The predicted molar refractivity (Wildman–Crippen MR) is 140 cm³/mol. The molecule has 3 aromatic carbocycles. The normalized spacial score (nSPS) is 20.3. The highest BCUT2D eigenvalue weighted by Crippen LogP contribution is 2.36. The van der Waals surface area contributed by atoms with E-state index >= 15 is 0 Å². The molecule has 0 amide bonds. The Balaban J connectivity index is 1.33. The summed E-state index contributed by atoms with van der Waals surface area (Å²) in [6.07, 6.45) is 7.05. The summed E-state index contributed by atoms with van der Waals surface area (Å²) in [6, 6.07) is 21.1. The van der Waals surface area contributed by atoms with E-state index in [1.54, 1.807) is 0 Å². The van der Waals surface area contributed by atoms with Gasteiger partial charge in [-0.3, -0.25) is 0 Å². The lowest BCUT2D eigenvalue weighted by Gasteiger charge is -2.29. The van der Waals surface area contributed by atoms with Gasteiger partial charge in [-0.15, -0.1) is 0 Å². The molecular formula is C30H39NO3. The van der Waals surface area contributed by atoms with E-state index in [0.29, 0.717) is 12.0 Å². The minimum absolute atomic E-state index is 0.0848. The van der Waals surface area contributed by atoms with Crippen molar-refractivity contribution in [2.45, 2.75) is 83.0 Å². The highest BCUT2D eigenvalue weighted by Gasteiger charge is 2.24. The smallest absolute Gasteiger partial charge is 0.120 e. The van der Waals surface area contributed by atoms with Crippen LogP contribution in [0.25, 0.3) is 10.8 Å². The lowest BCUT2D eigenvalue weighted by molar-refractivity contribution is 0.146. The van der Waals surface area contributed by atoms with Crippen molar-refractivity contribution < 1.29 is 14.6 Å². The van der Waals surface area contributed by atoms with Crippen molar-refractivity contribution in [3.05, 3.63) is 71.8 Å². The van der Waals surface area contributed by atoms with Crippen molar-refractivity contribution in [3.63, 3.8) is 0 Å². The molecule has 182 valence electrons. The Labute approximate surface area is 204 Å². The van der Waals surface area contributed by atoms with Gasteiger partial charge in [-0.05, 0) is 104 Å². The molecule has 0 bridgehead atoms. The maximum atomic E-state index is 9.55. The summed E-state index contributed by atoms with van der Waals surface area (Å²) in [6.45, 7) is 6.11. The third kappa shape index (κ3) is 5.73. The van der Waals surface area contributed by atoms with Gasteiger partial charge in [0, 0.05) is 0 Å². The first kappa shape index (κ1) is 24.6.